The van der Waals surface area contributed by atoms with Gasteiger partial charge in [-0.25, -0.2) is 4.79 Å². The van der Waals surface area contributed by atoms with Crippen LogP contribution in [0.1, 0.15) is 40.0 Å². The molecule has 0 saturated carbocycles. The van der Waals surface area contributed by atoms with Gasteiger partial charge in [0.25, 0.3) is 0 Å². The summed E-state index contributed by atoms with van der Waals surface area (Å²) >= 11 is 0. The monoisotopic (exact) mass is 302 g/mol. The summed E-state index contributed by atoms with van der Waals surface area (Å²) in [4.78, 5) is 11.1. The van der Waals surface area contributed by atoms with Gasteiger partial charge in [0.15, 0.2) is 6.29 Å². The lowest BCUT2D eigenvalue weighted by Gasteiger charge is -2.16. The lowest BCUT2D eigenvalue weighted by molar-refractivity contribution is -0.139. The average Bonchev–Trinajstić information content (AvgIpc) is 2.41. The van der Waals surface area contributed by atoms with Crippen LogP contribution >= 0.6 is 0 Å². The Hall–Kier alpha value is -0.653. The van der Waals surface area contributed by atoms with E-state index >= 15 is 0 Å². The first-order valence-corrected chi connectivity index (χ1v) is 9.67. The molecule has 4 nitrogen and oxygen atoms in total. The maximum Gasteiger partial charge on any atom is 0.333 e. The number of carbonyl (C=O) groups excluding carboxylic acids is 1. The first kappa shape index (κ1) is 19.3. The van der Waals surface area contributed by atoms with E-state index < -0.39 is 0 Å². The molecule has 0 rings (SSSR count). The number of unbranched alkanes of at least 4 members (excludes halogenated alkanes) is 1. The molecule has 0 bridgehead atoms. The Morgan fingerprint density at radius 1 is 1.15 bits per heavy atom. The summed E-state index contributed by atoms with van der Waals surface area (Å²) in [5.74, 6) is -0.279. The zero-order valence-electron chi connectivity index (χ0n) is 13.3. The zero-order valence-corrected chi connectivity index (χ0v) is 14.7. The predicted octanol–water partition coefficient (Wildman–Crippen LogP) is 2.68. The van der Waals surface area contributed by atoms with Crippen molar-refractivity contribution in [3.63, 3.8) is 0 Å². The summed E-state index contributed by atoms with van der Waals surface area (Å²) in [5, 5.41) is 0. The molecule has 0 amide bonds. The zero-order chi connectivity index (χ0) is 15.2. The fraction of sp³-hybridized carbons (Fsp3) is 0.800. The lowest BCUT2D eigenvalue weighted by atomic mass is 10.3. The molecule has 0 aliphatic carbocycles. The topological polar surface area (TPSA) is 44.8 Å². The molecule has 0 aliphatic rings. The van der Waals surface area contributed by atoms with Crippen LogP contribution in [-0.2, 0) is 19.0 Å². The van der Waals surface area contributed by atoms with Gasteiger partial charge in [0, 0.05) is 28.3 Å². The summed E-state index contributed by atoms with van der Waals surface area (Å²) in [7, 11) is -0.0465. The SMILES string of the molecule is C=C(C)C(=O)OCCCC[SiH2]CCC(OCC)OCC. The van der Waals surface area contributed by atoms with Crippen molar-refractivity contribution >= 4 is 15.5 Å². The van der Waals surface area contributed by atoms with E-state index in [1.807, 2.05) is 13.8 Å². The Balaban J connectivity index is 3.39. The maximum atomic E-state index is 11.1. The number of hydrogen-bond acceptors (Lipinski definition) is 4. The van der Waals surface area contributed by atoms with Crippen LogP contribution in [-0.4, -0.2) is 41.6 Å². The second kappa shape index (κ2) is 13.3. The molecule has 0 atom stereocenters. The van der Waals surface area contributed by atoms with Gasteiger partial charge in [-0.3, -0.25) is 0 Å². The van der Waals surface area contributed by atoms with Crippen molar-refractivity contribution in [2.45, 2.75) is 58.4 Å². The number of esters is 1. The average molecular weight is 302 g/mol. The molecular formula is C15H30O4Si. The highest BCUT2D eigenvalue weighted by Crippen LogP contribution is 2.07. The Bertz CT molecular complexity index is 263. The fourth-order valence-corrected chi connectivity index (χ4v) is 3.50. The summed E-state index contributed by atoms with van der Waals surface area (Å²) in [6, 6.07) is 2.53. The Morgan fingerprint density at radius 3 is 2.35 bits per heavy atom. The van der Waals surface area contributed by atoms with Crippen molar-refractivity contribution in [2.24, 2.45) is 0 Å². The van der Waals surface area contributed by atoms with Gasteiger partial charge in [0.1, 0.15) is 0 Å². The van der Waals surface area contributed by atoms with Crippen LogP contribution in [0.15, 0.2) is 12.2 Å². The highest BCUT2D eigenvalue weighted by Gasteiger charge is 2.07. The maximum absolute atomic E-state index is 11.1. The van der Waals surface area contributed by atoms with Crippen LogP contribution in [0.25, 0.3) is 0 Å². The first-order chi connectivity index (χ1) is 9.61. The normalized spacial score (nSPS) is 11.4. The van der Waals surface area contributed by atoms with Gasteiger partial charge >= 0.3 is 5.97 Å². The van der Waals surface area contributed by atoms with Crippen LogP contribution in [0.4, 0.5) is 0 Å². The third kappa shape index (κ3) is 11.2. The largest absolute Gasteiger partial charge is 0.462 e. The van der Waals surface area contributed by atoms with Crippen LogP contribution in [0.3, 0.4) is 0 Å². The van der Waals surface area contributed by atoms with E-state index in [4.69, 9.17) is 14.2 Å². The third-order valence-electron chi connectivity index (χ3n) is 2.87. The minimum atomic E-state index is -0.279. The molecule has 0 aromatic carbocycles. The lowest BCUT2D eigenvalue weighted by Crippen LogP contribution is -2.17. The molecular weight excluding hydrogens is 272 g/mol. The van der Waals surface area contributed by atoms with Crippen LogP contribution in [0, 0.1) is 0 Å². The van der Waals surface area contributed by atoms with Gasteiger partial charge in [0.2, 0.25) is 0 Å². The van der Waals surface area contributed by atoms with Crippen LogP contribution in [0.5, 0.6) is 0 Å². The molecule has 5 heteroatoms. The third-order valence-corrected chi connectivity index (χ3v) is 4.78. The van der Waals surface area contributed by atoms with E-state index in [9.17, 15) is 4.79 Å². The van der Waals surface area contributed by atoms with Gasteiger partial charge in [-0.15, -0.1) is 0 Å². The fourth-order valence-electron chi connectivity index (χ4n) is 1.82. The molecule has 0 spiro atoms. The summed E-state index contributed by atoms with van der Waals surface area (Å²) < 4.78 is 16.1. The van der Waals surface area contributed by atoms with Crippen LogP contribution < -0.4 is 0 Å². The van der Waals surface area contributed by atoms with E-state index in [-0.39, 0.29) is 21.8 Å². The molecule has 0 aromatic rings. The van der Waals surface area contributed by atoms with Gasteiger partial charge in [-0.05, 0) is 33.6 Å². The van der Waals surface area contributed by atoms with Gasteiger partial charge < -0.3 is 14.2 Å². The van der Waals surface area contributed by atoms with Gasteiger partial charge in [-0.2, -0.15) is 0 Å². The molecule has 0 fully saturated rings. The molecule has 0 aliphatic heterocycles. The van der Waals surface area contributed by atoms with Crippen molar-refractivity contribution in [3.05, 3.63) is 12.2 Å². The van der Waals surface area contributed by atoms with Crippen molar-refractivity contribution in [1.82, 2.24) is 0 Å². The number of ether oxygens (including phenoxy) is 3. The van der Waals surface area contributed by atoms with Crippen LogP contribution in [0.2, 0.25) is 12.1 Å². The minimum Gasteiger partial charge on any atom is -0.462 e. The van der Waals surface area contributed by atoms with Crippen molar-refractivity contribution in [1.29, 1.82) is 0 Å². The standard InChI is InChI=1S/C15H30O4Si/c1-5-17-14(18-6-2)9-12-20-11-8-7-10-19-15(16)13(3)4/h14H,3,5-12,20H2,1-2,4H3. The Morgan fingerprint density at radius 2 is 1.80 bits per heavy atom. The van der Waals surface area contributed by atoms with E-state index in [0.717, 1.165) is 19.3 Å². The molecule has 20 heavy (non-hydrogen) atoms. The quantitative estimate of drug-likeness (QED) is 0.172. The highest BCUT2D eigenvalue weighted by atomic mass is 28.2. The molecule has 0 saturated heterocycles. The van der Waals surface area contributed by atoms with E-state index in [1.165, 1.54) is 12.1 Å². The Kier molecular flexibility index (Phi) is 12.9. The van der Waals surface area contributed by atoms with Gasteiger partial charge in [-0.1, -0.05) is 25.1 Å². The molecule has 0 radical (unpaired) electrons. The summed E-state index contributed by atoms with van der Waals surface area (Å²) in [6.45, 7) is 11.1. The highest BCUT2D eigenvalue weighted by molar-refractivity contribution is 6.35. The van der Waals surface area contributed by atoms with E-state index in [0.29, 0.717) is 25.4 Å². The Labute approximate surface area is 125 Å². The molecule has 0 N–H and O–H groups in total. The van der Waals surface area contributed by atoms with E-state index in [1.54, 1.807) is 6.92 Å². The second-order valence-electron chi connectivity index (χ2n) is 4.81. The van der Waals surface area contributed by atoms with Crippen molar-refractivity contribution < 1.29 is 19.0 Å². The predicted molar refractivity (Wildman–Crippen MR) is 84.8 cm³/mol. The first-order valence-electron chi connectivity index (χ1n) is 7.67. The molecule has 0 unspecified atom stereocenters. The number of hydrogen-bond donors (Lipinski definition) is 0. The van der Waals surface area contributed by atoms with Gasteiger partial charge in [0.05, 0.1) is 6.61 Å². The summed E-state index contributed by atoms with van der Waals surface area (Å²) in [6.07, 6.45) is 3.09. The van der Waals surface area contributed by atoms with Crippen molar-refractivity contribution in [3.8, 4) is 0 Å². The number of carbonyl (C=O) groups is 1. The van der Waals surface area contributed by atoms with Crippen molar-refractivity contribution in [2.75, 3.05) is 19.8 Å². The van der Waals surface area contributed by atoms with E-state index in [2.05, 4.69) is 6.58 Å². The molecule has 0 aromatic heterocycles. The summed E-state index contributed by atoms with van der Waals surface area (Å²) in [5.41, 5.74) is 0.470. The second-order valence-corrected chi connectivity index (χ2v) is 6.93. The number of rotatable bonds is 13. The smallest absolute Gasteiger partial charge is 0.333 e. The molecule has 118 valence electrons. The molecule has 0 heterocycles. The minimum absolute atomic E-state index is 0.0194.